The number of halogens is 2. The fourth-order valence-corrected chi connectivity index (χ4v) is 3.19. The molecule has 4 rings (SSSR count). The highest BCUT2D eigenvalue weighted by Gasteiger charge is 2.14. The molecule has 0 aliphatic heterocycles. The lowest BCUT2D eigenvalue weighted by Gasteiger charge is -2.12. The molecular weight excluding hydrogens is 414 g/mol. The average molecular weight is 434 g/mol. The summed E-state index contributed by atoms with van der Waals surface area (Å²) in [5.74, 6) is -0.720. The Morgan fingerprint density at radius 1 is 0.844 bits per heavy atom. The van der Waals surface area contributed by atoms with E-state index in [1.807, 2.05) is 0 Å². The van der Waals surface area contributed by atoms with Crippen molar-refractivity contribution in [3.05, 3.63) is 78.4 Å². The van der Waals surface area contributed by atoms with E-state index in [0.717, 1.165) is 0 Å². The summed E-state index contributed by atoms with van der Waals surface area (Å²) < 4.78 is 31.8. The number of aromatic nitrogens is 2. The molecule has 2 N–H and O–H groups in total. The molecule has 6 nitrogen and oxygen atoms in total. The van der Waals surface area contributed by atoms with Crippen LogP contribution in [0.2, 0.25) is 0 Å². The van der Waals surface area contributed by atoms with Crippen molar-refractivity contribution in [1.29, 1.82) is 0 Å². The van der Waals surface area contributed by atoms with E-state index < -0.39 is 0 Å². The molecule has 162 valence electrons. The normalized spacial score (nSPS) is 10.8. The number of methoxy groups -OCH3 is 1. The number of nitrogens with zero attached hydrogens (tertiary/aromatic N) is 2. The van der Waals surface area contributed by atoms with Gasteiger partial charge >= 0.3 is 6.03 Å². The summed E-state index contributed by atoms with van der Waals surface area (Å²) >= 11 is 0. The third kappa shape index (κ3) is 4.87. The Kier molecular flexibility index (Phi) is 6.32. The third-order valence-corrected chi connectivity index (χ3v) is 4.75. The summed E-state index contributed by atoms with van der Waals surface area (Å²) in [6.45, 7) is 0.787. The van der Waals surface area contributed by atoms with E-state index in [0.29, 0.717) is 52.4 Å². The van der Waals surface area contributed by atoms with Crippen molar-refractivity contribution in [3.63, 3.8) is 0 Å². The zero-order chi connectivity index (χ0) is 22.5. The van der Waals surface area contributed by atoms with Crippen molar-refractivity contribution in [3.8, 4) is 22.5 Å². The lowest BCUT2D eigenvalue weighted by atomic mass is 10.0. The Morgan fingerprint density at radius 2 is 1.41 bits per heavy atom. The summed E-state index contributed by atoms with van der Waals surface area (Å²) in [6.07, 6.45) is 0. The standard InChI is InChI=1S/C24H20F2N4O2/c1-32-13-12-27-24(31)28-19-10-11-20-21(14-19)30-23(16-4-8-18(26)9-5-16)22(29-20)15-2-6-17(25)7-3-15/h2-11,14H,12-13H2,1H3,(H2,27,28,31). The number of rotatable bonds is 6. The van der Waals surface area contributed by atoms with Crippen LogP contribution in [0.15, 0.2) is 66.7 Å². The summed E-state index contributed by atoms with van der Waals surface area (Å²) in [5, 5.41) is 5.43. The number of urea groups is 1. The van der Waals surface area contributed by atoms with Crippen molar-refractivity contribution in [2.24, 2.45) is 0 Å². The van der Waals surface area contributed by atoms with Crippen LogP contribution in [0.3, 0.4) is 0 Å². The molecule has 1 aromatic heterocycles. The van der Waals surface area contributed by atoms with Gasteiger partial charge in [0.05, 0.1) is 29.0 Å². The summed E-state index contributed by atoms with van der Waals surface area (Å²) in [5.41, 5.74) is 4.09. The smallest absolute Gasteiger partial charge is 0.319 e. The molecule has 2 amide bonds. The van der Waals surface area contributed by atoms with Gasteiger partial charge in [-0.05, 0) is 66.7 Å². The van der Waals surface area contributed by atoms with Gasteiger partial charge in [-0.25, -0.2) is 23.5 Å². The molecule has 32 heavy (non-hydrogen) atoms. The van der Waals surface area contributed by atoms with E-state index in [4.69, 9.17) is 14.7 Å². The molecular formula is C24H20F2N4O2. The predicted octanol–water partition coefficient (Wildman–Crippen LogP) is 5.01. The van der Waals surface area contributed by atoms with Crippen molar-refractivity contribution >= 4 is 22.8 Å². The topological polar surface area (TPSA) is 76.1 Å². The number of carbonyl (C=O) groups excluding carboxylic acids is 1. The first-order valence-electron chi connectivity index (χ1n) is 9.91. The van der Waals surface area contributed by atoms with Gasteiger partial charge in [0.1, 0.15) is 11.6 Å². The molecule has 0 saturated heterocycles. The maximum Gasteiger partial charge on any atom is 0.319 e. The van der Waals surface area contributed by atoms with E-state index in [1.54, 1.807) is 49.6 Å². The van der Waals surface area contributed by atoms with Crippen LogP contribution in [0.4, 0.5) is 19.3 Å². The van der Waals surface area contributed by atoms with Crippen LogP contribution in [0.1, 0.15) is 0 Å². The molecule has 0 spiro atoms. The lowest BCUT2D eigenvalue weighted by Crippen LogP contribution is -2.31. The number of anilines is 1. The maximum atomic E-state index is 13.5. The van der Waals surface area contributed by atoms with Crippen LogP contribution < -0.4 is 10.6 Å². The third-order valence-electron chi connectivity index (χ3n) is 4.75. The Hall–Kier alpha value is -3.91. The summed E-state index contributed by atoms with van der Waals surface area (Å²) in [7, 11) is 1.56. The van der Waals surface area contributed by atoms with Crippen LogP contribution in [0, 0.1) is 11.6 Å². The minimum Gasteiger partial charge on any atom is -0.383 e. The monoisotopic (exact) mass is 434 g/mol. The van der Waals surface area contributed by atoms with Gasteiger partial charge in [-0.3, -0.25) is 0 Å². The number of amides is 2. The lowest BCUT2D eigenvalue weighted by molar-refractivity contribution is 0.198. The van der Waals surface area contributed by atoms with Crippen molar-refractivity contribution in [1.82, 2.24) is 15.3 Å². The van der Waals surface area contributed by atoms with Crippen molar-refractivity contribution in [2.45, 2.75) is 0 Å². The minimum atomic E-state index is -0.365. The average Bonchev–Trinajstić information content (AvgIpc) is 2.79. The Labute approximate surface area is 183 Å². The van der Waals surface area contributed by atoms with Crippen LogP contribution >= 0.6 is 0 Å². The molecule has 0 bridgehead atoms. The zero-order valence-electron chi connectivity index (χ0n) is 17.2. The molecule has 3 aromatic carbocycles. The Balaban J connectivity index is 1.75. The number of carbonyl (C=O) groups is 1. The van der Waals surface area contributed by atoms with Gasteiger partial charge in [-0.15, -0.1) is 0 Å². The number of fused-ring (bicyclic) bond motifs is 1. The zero-order valence-corrected chi connectivity index (χ0v) is 17.2. The molecule has 4 aromatic rings. The fourth-order valence-electron chi connectivity index (χ4n) is 3.19. The van der Waals surface area contributed by atoms with E-state index in [1.165, 1.54) is 24.3 Å². The molecule has 0 unspecified atom stereocenters. The first-order valence-corrected chi connectivity index (χ1v) is 9.91. The fraction of sp³-hybridized carbons (Fsp3) is 0.125. The second-order valence-corrected chi connectivity index (χ2v) is 7.01. The predicted molar refractivity (Wildman–Crippen MR) is 119 cm³/mol. The van der Waals surface area contributed by atoms with E-state index >= 15 is 0 Å². The number of nitrogens with one attached hydrogen (secondary N) is 2. The minimum absolute atomic E-state index is 0.356. The first kappa shape index (κ1) is 21.3. The SMILES string of the molecule is COCCNC(=O)Nc1ccc2nc(-c3ccc(F)cc3)c(-c3ccc(F)cc3)nc2c1. The maximum absolute atomic E-state index is 13.5. The molecule has 0 fully saturated rings. The largest absolute Gasteiger partial charge is 0.383 e. The molecule has 0 aliphatic rings. The van der Waals surface area contributed by atoms with Gasteiger partial charge in [0.15, 0.2) is 0 Å². The molecule has 0 saturated carbocycles. The molecule has 0 radical (unpaired) electrons. The van der Waals surface area contributed by atoms with Gasteiger partial charge in [0, 0.05) is 30.5 Å². The number of hydrogen-bond acceptors (Lipinski definition) is 4. The molecule has 0 atom stereocenters. The highest BCUT2D eigenvalue weighted by Crippen LogP contribution is 2.32. The van der Waals surface area contributed by atoms with E-state index in [-0.39, 0.29) is 17.7 Å². The molecule has 1 heterocycles. The number of ether oxygens (including phenoxy) is 1. The Bertz CT molecular complexity index is 1250. The quantitative estimate of drug-likeness (QED) is 0.418. The van der Waals surface area contributed by atoms with Gasteiger partial charge in [-0.1, -0.05) is 0 Å². The second-order valence-electron chi connectivity index (χ2n) is 7.01. The number of hydrogen-bond donors (Lipinski definition) is 2. The van der Waals surface area contributed by atoms with Crippen molar-refractivity contribution in [2.75, 3.05) is 25.6 Å². The van der Waals surface area contributed by atoms with E-state index in [9.17, 15) is 13.6 Å². The van der Waals surface area contributed by atoms with Gasteiger partial charge < -0.3 is 15.4 Å². The Morgan fingerprint density at radius 3 is 1.97 bits per heavy atom. The van der Waals surface area contributed by atoms with Crippen LogP contribution in [-0.4, -0.2) is 36.3 Å². The molecule has 0 aliphatic carbocycles. The highest BCUT2D eigenvalue weighted by atomic mass is 19.1. The van der Waals surface area contributed by atoms with Gasteiger partial charge in [0.2, 0.25) is 0 Å². The first-order chi connectivity index (χ1) is 15.5. The van der Waals surface area contributed by atoms with Crippen LogP contribution in [-0.2, 0) is 4.74 Å². The van der Waals surface area contributed by atoms with E-state index in [2.05, 4.69) is 10.6 Å². The summed E-state index contributed by atoms with van der Waals surface area (Å²) in [6, 6.07) is 16.7. The highest BCUT2D eigenvalue weighted by molar-refractivity contribution is 5.93. The van der Waals surface area contributed by atoms with Gasteiger partial charge in [-0.2, -0.15) is 0 Å². The van der Waals surface area contributed by atoms with Crippen molar-refractivity contribution < 1.29 is 18.3 Å². The number of benzene rings is 3. The summed E-state index contributed by atoms with van der Waals surface area (Å²) in [4.78, 5) is 21.5. The van der Waals surface area contributed by atoms with Gasteiger partial charge in [0.25, 0.3) is 0 Å². The van der Waals surface area contributed by atoms with Crippen LogP contribution in [0.25, 0.3) is 33.5 Å². The second kappa shape index (κ2) is 9.49. The van der Waals surface area contributed by atoms with Crippen LogP contribution in [0.5, 0.6) is 0 Å². The molecule has 8 heteroatoms.